The molecule has 0 radical (unpaired) electrons. The van der Waals surface area contributed by atoms with Crippen LogP contribution in [0.2, 0.25) is 0 Å². The van der Waals surface area contributed by atoms with Gasteiger partial charge in [0.05, 0.1) is 0 Å². The summed E-state index contributed by atoms with van der Waals surface area (Å²) in [4.78, 5) is 10.5. The Kier molecular flexibility index (Phi) is 10.2. The average Bonchev–Trinajstić information content (AvgIpc) is 2.38. The second-order valence-corrected chi connectivity index (χ2v) is 4.56. The van der Waals surface area contributed by atoms with Gasteiger partial charge in [0.15, 0.2) is 0 Å². The maximum Gasteiger partial charge on any atom is 0.346 e. The molecule has 0 heterocycles. The maximum absolute atomic E-state index is 10.5. The van der Waals surface area contributed by atoms with Crippen LogP contribution in [0.25, 0.3) is 0 Å². The number of unbranched alkanes of at least 4 members (excludes halogenated alkanes) is 4. The summed E-state index contributed by atoms with van der Waals surface area (Å²) >= 11 is 0. The van der Waals surface area contributed by atoms with Gasteiger partial charge in [-0.15, -0.1) is 0 Å². The molecule has 0 atom stereocenters. The fourth-order valence-corrected chi connectivity index (χ4v) is 1.62. The third kappa shape index (κ3) is 9.84. The molecule has 0 unspecified atom stereocenters. The van der Waals surface area contributed by atoms with Crippen molar-refractivity contribution in [1.82, 2.24) is 0 Å². The Bertz CT molecular complexity index is 397. The lowest BCUT2D eigenvalue weighted by molar-refractivity contribution is -0.132. The zero-order valence-corrected chi connectivity index (χ0v) is 11.9. The van der Waals surface area contributed by atoms with Crippen LogP contribution >= 0.6 is 0 Å². The van der Waals surface area contributed by atoms with Crippen molar-refractivity contribution < 1.29 is 9.90 Å². The van der Waals surface area contributed by atoms with Crippen LogP contribution in [0, 0.1) is 11.3 Å². The molecular formula is C16H23NO2. The molecule has 0 spiro atoms. The van der Waals surface area contributed by atoms with E-state index in [4.69, 9.17) is 10.4 Å². The van der Waals surface area contributed by atoms with Gasteiger partial charge >= 0.3 is 5.97 Å². The van der Waals surface area contributed by atoms with E-state index >= 15 is 0 Å². The molecule has 3 nitrogen and oxygen atoms in total. The first-order valence-electron chi connectivity index (χ1n) is 6.79. The van der Waals surface area contributed by atoms with Gasteiger partial charge in [0.1, 0.15) is 11.6 Å². The van der Waals surface area contributed by atoms with E-state index < -0.39 is 5.97 Å². The highest BCUT2D eigenvalue weighted by Crippen LogP contribution is 2.10. The molecule has 0 aliphatic carbocycles. The Balaban J connectivity index is 4.04. The zero-order valence-electron chi connectivity index (χ0n) is 11.9. The molecule has 0 aromatic heterocycles. The van der Waals surface area contributed by atoms with Crippen LogP contribution in [0.4, 0.5) is 0 Å². The average molecular weight is 261 g/mol. The number of nitrogens with zero attached hydrogens (tertiary/aromatic N) is 1. The number of aliphatic carboxylic acids is 1. The number of allylic oxidation sites excluding steroid dienone is 5. The number of hydrogen-bond donors (Lipinski definition) is 1. The van der Waals surface area contributed by atoms with Crippen LogP contribution in [-0.4, -0.2) is 11.1 Å². The molecule has 0 amide bonds. The largest absolute Gasteiger partial charge is 0.477 e. The van der Waals surface area contributed by atoms with Crippen LogP contribution in [-0.2, 0) is 4.79 Å². The summed E-state index contributed by atoms with van der Waals surface area (Å²) in [7, 11) is 0. The maximum atomic E-state index is 10.5. The Morgan fingerprint density at radius 1 is 1.16 bits per heavy atom. The Labute approximate surface area is 115 Å². The summed E-state index contributed by atoms with van der Waals surface area (Å²) in [5.41, 5.74) is 1.02. The molecular weight excluding hydrogens is 238 g/mol. The van der Waals surface area contributed by atoms with Gasteiger partial charge in [-0.2, -0.15) is 5.26 Å². The summed E-state index contributed by atoms with van der Waals surface area (Å²) in [5.74, 6) is -1.19. The smallest absolute Gasteiger partial charge is 0.346 e. The molecule has 0 aromatic rings. The van der Waals surface area contributed by atoms with E-state index in [9.17, 15) is 4.79 Å². The normalized spacial score (nSPS) is 12.7. The van der Waals surface area contributed by atoms with E-state index in [0.717, 1.165) is 6.42 Å². The van der Waals surface area contributed by atoms with Crippen molar-refractivity contribution in [2.24, 2.45) is 0 Å². The Hall–Kier alpha value is -1.82. The molecule has 0 aliphatic heterocycles. The van der Waals surface area contributed by atoms with Gasteiger partial charge in [-0.05, 0) is 25.8 Å². The fraction of sp³-hybridized carbons (Fsp3) is 0.500. The summed E-state index contributed by atoms with van der Waals surface area (Å²) in [6, 6.07) is 1.63. The molecule has 0 bridgehead atoms. The summed E-state index contributed by atoms with van der Waals surface area (Å²) in [5, 5.41) is 17.2. The van der Waals surface area contributed by atoms with E-state index in [-0.39, 0.29) is 5.57 Å². The first-order valence-corrected chi connectivity index (χ1v) is 6.79. The van der Waals surface area contributed by atoms with Gasteiger partial charge in [0.2, 0.25) is 0 Å². The van der Waals surface area contributed by atoms with E-state index in [1.54, 1.807) is 18.2 Å². The molecule has 0 aromatic carbocycles. The summed E-state index contributed by atoms with van der Waals surface area (Å²) in [6.07, 6.45) is 14.0. The molecule has 19 heavy (non-hydrogen) atoms. The molecule has 0 saturated carbocycles. The SMILES string of the molecule is CCCCCCCC(C)=CC=CC=C(C#N)C(=O)O. The highest BCUT2D eigenvalue weighted by molar-refractivity contribution is 5.91. The monoisotopic (exact) mass is 261 g/mol. The van der Waals surface area contributed by atoms with Crippen molar-refractivity contribution in [2.75, 3.05) is 0 Å². The number of carboxylic acids is 1. The van der Waals surface area contributed by atoms with Gasteiger partial charge in [-0.1, -0.05) is 56.4 Å². The third-order valence-corrected chi connectivity index (χ3v) is 2.78. The first kappa shape index (κ1) is 17.2. The minimum absolute atomic E-state index is 0.248. The van der Waals surface area contributed by atoms with E-state index in [1.807, 2.05) is 6.08 Å². The Morgan fingerprint density at radius 2 is 1.79 bits per heavy atom. The van der Waals surface area contributed by atoms with Crippen LogP contribution in [0.15, 0.2) is 35.5 Å². The predicted octanol–water partition coefficient (Wildman–Crippen LogP) is 4.38. The van der Waals surface area contributed by atoms with Crippen LogP contribution < -0.4 is 0 Å². The van der Waals surface area contributed by atoms with Crippen molar-refractivity contribution in [3.63, 3.8) is 0 Å². The molecule has 0 aliphatic rings. The number of carboxylic acid groups (broad SMARTS) is 1. The lowest BCUT2D eigenvalue weighted by Gasteiger charge is -2.00. The predicted molar refractivity (Wildman–Crippen MR) is 77.6 cm³/mol. The van der Waals surface area contributed by atoms with Gasteiger partial charge in [-0.25, -0.2) is 4.79 Å². The summed E-state index contributed by atoms with van der Waals surface area (Å²) < 4.78 is 0. The highest BCUT2D eigenvalue weighted by atomic mass is 16.4. The van der Waals surface area contributed by atoms with Crippen molar-refractivity contribution in [3.05, 3.63) is 35.5 Å². The second-order valence-electron chi connectivity index (χ2n) is 4.56. The lowest BCUT2D eigenvalue weighted by Crippen LogP contribution is -1.96. The van der Waals surface area contributed by atoms with Gasteiger partial charge in [0.25, 0.3) is 0 Å². The van der Waals surface area contributed by atoms with Crippen LogP contribution in [0.3, 0.4) is 0 Å². The minimum Gasteiger partial charge on any atom is -0.477 e. The van der Waals surface area contributed by atoms with Gasteiger partial charge in [-0.3, -0.25) is 0 Å². The zero-order chi connectivity index (χ0) is 14.5. The third-order valence-electron chi connectivity index (χ3n) is 2.78. The van der Waals surface area contributed by atoms with E-state index in [0.29, 0.717) is 0 Å². The molecule has 1 N–H and O–H groups in total. The van der Waals surface area contributed by atoms with Crippen molar-refractivity contribution in [2.45, 2.75) is 52.4 Å². The lowest BCUT2D eigenvalue weighted by atomic mass is 10.1. The van der Waals surface area contributed by atoms with Gasteiger partial charge in [0, 0.05) is 0 Å². The quantitative estimate of drug-likeness (QED) is 0.290. The summed E-state index contributed by atoms with van der Waals surface area (Å²) in [6.45, 7) is 4.27. The number of rotatable bonds is 9. The number of nitriles is 1. The standard InChI is InChI=1S/C16H23NO2/c1-3-4-5-6-7-10-14(2)11-8-9-12-15(13-17)16(18)19/h8-9,11-12H,3-7,10H2,1-2H3,(H,18,19). The van der Waals surface area contributed by atoms with Crippen molar-refractivity contribution in [3.8, 4) is 6.07 Å². The second kappa shape index (κ2) is 11.3. The molecule has 0 fully saturated rings. The van der Waals surface area contributed by atoms with Crippen molar-refractivity contribution in [1.29, 1.82) is 5.26 Å². The molecule has 0 saturated heterocycles. The molecule has 0 rings (SSSR count). The van der Waals surface area contributed by atoms with E-state index in [2.05, 4.69) is 13.8 Å². The minimum atomic E-state index is -1.19. The van der Waals surface area contributed by atoms with Crippen LogP contribution in [0.5, 0.6) is 0 Å². The Morgan fingerprint density at radius 3 is 2.37 bits per heavy atom. The fourth-order valence-electron chi connectivity index (χ4n) is 1.62. The number of carbonyl (C=O) groups is 1. The highest BCUT2D eigenvalue weighted by Gasteiger charge is 2.02. The van der Waals surface area contributed by atoms with Crippen molar-refractivity contribution >= 4 is 5.97 Å². The molecule has 3 heteroatoms. The van der Waals surface area contributed by atoms with Crippen LogP contribution in [0.1, 0.15) is 52.4 Å². The first-order chi connectivity index (χ1) is 9.11. The van der Waals surface area contributed by atoms with Gasteiger partial charge < -0.3 is 5.11 Å². The number of hydrogen-bond acceptors (Lipinski definition) is 2. The molecule has 104 valence electrons. The topological polar surface area (TPSA) is 61.1 Å². The van der Waals surface area contributed by atoms with E-state index in [1.165, 1.54) is 43.8 Å².